The van der Waals surface area contributed by atoms with Crippen molar-refractivity contribution >= 4 is 21.6 Å². The summed E-state index contributed by atoms with van der Waals surface area (Å²) in [5.74, 6) is 1.08. The lowest BCUT2D eigenvalue weighted by molar-refractivity contribution is -0.122. The van der Waals surface area contributed by atoms with Crippen LogP contribution in [0.5, 0.6) is 0 Å². The van der Waals surface area contributed by atoms with Crippen LogP contribution < -0.4 is 5.32 Å². The average molecular weight is 376 g/mol. The minimum atomic E-state index is -3.63. The Labute approximate surface area is 153 Å². The summed E-state index contributed by atoms with van der Waals surface area (Å²) in [6, 6.07) is 6.17. The Kier molecular flexibility index (Phi) is 3.71. The third kappa shape index (κ3) is 2.37. The van der Waals surface area contributed by atoms with Gasteiger partial charge in [0.15, 0.2) is 0 Å². The molecular weight excluding hydrogens is 352 g/mol. The van der Waals surface area contributed by atoms with Gasteiger partial charge in [0.1, 0.15) is 0 Å². The van der Waals surface area contributed by atoms with Crippen molar-refractivity contribution in [3.63, 3.8) is 0 Å². The van der Waals surface area contributed by atoms with E-state index in [2.05, 4.69) is 5.32 Å². The Morgan fingerprint density at radius 2 is 1.85 bits per heavy atom. The van der Waals surface area contributed by atoms with E-state index in [-0.39, 0.29) is 28.7 Å². The topological polar surface area (TPSA) is 86.7 Å². The van der Waals surface area contributed by atoms with Crippen molar-refractivity contribution in [2.24, 2.45) is 23.7 Å². The van der Waals surface area contributed by atoms with Gasteiger partial charge in [-0.15, -0.1) is 0 Å². The van der Waals surface area contributed by atoms with E-state index in [0.717, 1.165) is 32.1 Å². The number of rotatable bonds is 4. The normalized spacial score (nSPS) is 36.3. The van der Waals surface area contributed by atoms with Crippen LogP contribution in [0.25, 0.3) is 0 Å². The van der Waals surface area contributed by atoms with Gasteiger partial charge in [0.25, 0.3) is 0 Å². The second kappa shape index (κ2) is 5.78. The minimum absolute atomic E-state index is 0.0168. The molecule has 0 aromatic heterocycles. The standard InChI is InChI=1S/C19H24N2O4S/c22-18-12-8-13-10-21(17(18)16(13)9-12)26(24,25)15-6-4-14(5-7-15)20-19(23)11-2-1-3-11/h4-7,11-13,16-18,22H,1-3,8-10H2,(H,20,23). The highest BCUT2D eigenvalue weighted by Gasteiger charge is 2.61. The van der Waals surface area contributed by atoms with Gasteiger partial charge in [-0.2, -0.15) is 4.31 Å². The van der Waals surface area contributed by atoms with Gasteiger partial charge in [-0.1, -0.05) is 6.42 Å². The number of aliphatic hydroxyl groups excluding tert-OH is 1. The molecule has 0 spiro atoms. The van der Waals surface area contributed by atoms with E-state index in [1.54, 1.807) is 24.3 Å². The predicted molar refractivity (Wildman–Crippen MR) is 95.8 cm³/mol. The summed E-state index contributed by atoms with van der Waals surface area (Å²) in [7, 11) is -3.63. The maximum Gasteiger partial charge on any atom is 0.243 e. The fraction of sp³-hybridized carbons (Fsp3) is 0.632. The molecule has 1 saturated heterocycles. The quantitative estimate of drug-likeness (QED) is 0.839. The summed E-state index contributed by atoms with van der Waals surface area (Å²) in [6.45, 7) is 0.519. The van der Waals surface area contributed by atoms with E-state index >= 15 is 0 Å². The monoisotopic (exact) mass is 376 g/mol. The van der Waals surface area contributed by atoms with E-state index < -0.39 is 16.1 Å². The summed E-state index contributed by atoms with van der Waals surface area (Å²) in [5, 5.41) is 13.3. The number of carbonyl (C=O) groups is 1. The lowest BCUT2D eigenvalue weighted by Gasteiger charge is -2.28. The third-order valence-electron chi connectivity index (χ3n) is 7.01. The number of amides is 1. The number of benzene rings is 1. The van der Waals surface area contributed by atoms with Gasteiger partial charge in [-0.25, -0.2) is 8.42 Å². The molecule has 1 aromatic rings. The highest BCUT2D eigenvalue weighted by molar-refractivity contribution is 7.89. The molecule has 2 bridgehead atoms. The van der Waals surface area contributed by atoms with Crippen molar-refractivity contribution < 1.29 is 18.3 Å². The molecule has 5 rings (SSSR count). The van der Waals surface area contributed by atoms with Gasteiger partial charge in [-0.05, 0) is 67.7 Å². The summed E-state index contributed by atoms with van der Waals surface area (Å²) >= 11 is 0. The molecule has 26 heavy (non-hydrogen) atoms. The zero-order chi connectivity index (χ0) is 18.1. The van der Waals surface area contributed by atoms with Gasteiger partial charge in [0, 0.05) is 18.2 Å². The molecule has 2 N–H and O–H groups in total. The maximum absolute atomic E-state index is 13.1. The molecule has 1 heterocycles. The largest absolute Gasteiger partial charge is 0.391 e. The van der Waals surface area contributed by atoms with Crippen molar-refractivity contribution in [2.45, 2.75) is 49.1 Å². The van der Waals surface area contributed by atoms with Crippen LogP contribution >= 0.6 is 0 Å². The second-order valence-corrected chi connectivity index (χ2v) is 10.2. The predicted octanol–water partition coefficient (Wildman–Crippen LogP) is 1.81. The number of hydrogen-bond acceptors (Lipinski definition) is 4. The van der Waals surface area contributed by atoms with Crippen LogP contribution in [0.4, 0.5) is 5.69 Å². The smallest absolute Gasteiger partial charge is 0.243 e. The molecule has 7 heteroatoms. The van der Waals surface area contributed by atoms with Crippen molar-refractivity contribution in [3.05, 3.63) is 24.3 Å². The molecule has 5 atom stereocenters. The molecule has 1 amide bonds. The number of nitrogens with one attached hydrogen (secondary N) is 1. The zero-order valence-electron chi connectivity index (χ0n) is 14.5. The Balaban J connectivity index is 1.35. The van der Waals surface area contributed by atoms with Crippen molar-refractivity contribution in [2.75, 3.05) is 11.9 Å². The van der Waals surface area contributed by atoms with Crippen LogP contribution in [0.15, 0.2) is 29.2 Å². The molecular formula is C19H24N2O4S. The number of anilines is 1. The molecule has 3 aliphatic carbocycles. The Morgan fingerprint density at radius 3 is 2.46 bits per heavy atom. The number of hydrogen-bond donors (Lipinski definition) is 2. The fourth-order valence-corrected chi connectivity index (χ4v) is 7.14. The SMILES string of the molecule is O=C(Nc1ccc(S(=O)(=O)N2CC3CC4CC3C2C4O)cc1)C1CCC1. The van der Waals surface area contributed by atoms with Gasteiger partial charge < -0.3 is 10.4 Å². The number of aliphatic hydroxyl groups is 1. The number of sulfonamides is 1. The van der Waals surface area contributed by atoms with Crippen molar-refractivity contribution in [1.82, 2.24) is 4.31 Å². The first-order valence-corrected chi connectivity index (χ1v) is 11.0. The third-order valence-corrected chi connectivity index (χ3v) is 8.89. The van der Waals surface area contributed by atoms with E-state index in [1.807, 2.05) is 0 Å². The molecule has 0 radical (unpaired) electrons. The Morgan fingerprint density at radius 1 is 1.12 bits per heavy atom. The van der Waals surface area contributed by atoms with E-state index in [0.29, 0.717) is 24.1 Å². The second-order valence-electron chi connectivity index (χ2n) is 8.35. The van der Waals surface area contributed by atoms with E-state index in [1.165, 1.54) is 4.31 Å². The summed E-state index contributed by atoms with van der Waals surface area (Å²) in [5.41, 5.74) is 0.628. The molecule has 1 aliphatic heterocycles. The average Bonchev–Trinajstić information content (AvgIpc) is 3.16. The Hall–Kier alpha value is -1.44. The summed E-state index contributed by atoms with van der Waals surface area (Å²) < 4.78 is 27.8. The van der Waals surface area contributed by atoms with Crippen LogP contribution in [0.1, 0.15) is 32.1 Å². The van der Waals surface area contributed by atoms with Crippen molar-refractivity contribution in [3.8, 4) is 0 Å². The van der Waals surface area contributed by atoms with Crippen LogP contribution in [-0.4, -0.2) is 42.4 Å². The van der Waals surface area contributed by atoms with Gasteiger partial charge in [-0.3, -0.25) is 4.79 Å². The molecule has 140 valence electrons. The first-order chi connectivity index (χ1) is 12.4. The lowest BCUT2D eigenvalue weighted by Crippen LogP contribution is -2.43. The zero-order valence-corrected chi connectivity index (χ0v) is 15.4. The van der Waals surface area contributed by atoms with E-state index in [4.69, 9.17) is 0 Å². The van der Waals surface area contributed by atoms with Crippen molar-refractivity contribution in [1.29, 1.82) is 0 Å². The van der Waals surface area contributed by atoms with Crippen LogP contribution in [0.2, 0.25) is 0 Å². The number of nitrogens with zero attached hydrogens (tertiary/aromatic N) is 1. The van der Waals surface area contributed by atoms with Gasteiger partial charge in [0.2, 0.25) is 15.9 Å². The van der Waals surface area contributed by atoms with Crippen LogP contribution in [0.3, 0.4) is 0 Å². The molecule has 3 saturated carbocycles. The Bertz CT molecular complexity index is 832. The van der Waals surface area contributed by atoms with Gasteiger partial charge >= 0.3 is 0 Å². The minimum Gasteiger partial charge on any atom is -0.391 e. The molecule has 4 fully saturated rings. The fourth-order valence-electron chi connectivity index (χ4n) is 5.40. The summed E-state index contributed by atoms with van der Waals surface area (Å²) in [6.07, 6.45) is 4.33. The molecule has 4 aliphatic rings. The first-order valence-electron chi connectivity index (χ1n) is 9.56. The lowest BCUT2D eigenvalue weighted by atomic mass is 9.85. The number of fused-ring (bicyclic) bond motifs is 1. The summed E-state index contributed by atoms with van der Waals surface area (Å²) in [4.78, 5) is 12.3. The number of carbonyl (C=O) groups excluding carboxylic acids is 1. The van der Waals surface area contributed by atoms with Gasteiger partial charge in [0.05, 0.1) is 17.0 Å². The molecule has 6 nitrogen and oxygen atoms in total. The molecule has 1 aromatic carbocycles. The van der Waals surface area contributed by atoms with Crippen LogP contribution in [0, 0.1) is 23.7 Å². The molecule has 5 unspecified atom stereocenters. The highest BCUT2D eigenvalue weighted by Crippen LogP contribution is 2.56. The maximum atomic E-state index is 13.1. The first kappa shape index (κ1) is 16.7. The van der Waals surface area contributed by atoms with E-state index in [9.17, 15) is 18.3 Å². The van der Waals surface area contributed by atoms with Crippen LogP contribution in [-0.2, 0) is 14.8 Å². The highest BCUT2D eigenvalue weighted by atomic mass is 32.2.